The molecule has 0 fully saturated rings. The molecule has 8 heavy (non-hydrogen) atoms. The monoisotopic (exact) mass is 153 g/mol. The Balaban J connectivity index is 2.93. The first-order valence-electron chi connectivity index (χ1n) is 2.00. The Labute approximate surface area is 52.1 Å². The summed E-state index contributed by atoms with van der Waals surface area (Å²) in [5.41, 5.74) is 0. The molecule has 46 valence electrons. The standard InChI is InChI=1S/C3H5O3PS/c4-2-1-3-8-7(5)6/h2H,1,3H2/p+1. The Morgan fingerprint density at radius 3 is 2.75 bits per heavy atom. The minimum Gasteiger partial charge on any atom is -0.303 e. The molecule has 0 aliphatic heterocycles. The highest BCUT2D eigenvalue weighted by Crippen LogP contribution is 2.32. The summed E-state index contributed by atoms with van der Waals surface area (Å²) < 4.78 is 9.87. The summed E-state index contributed by atoms with van der Waals surface area (Å²) in [5.74, 6) is 0.440. The second-order valence-electron chi connectivity index (χ2n) is 1.03. The summed E-state index contributed by atoms with van der Waals surface area (Å²) in [6.07, 6.45) is 1.08. The molecule has 0 saturated carbocycles. The Morgan fingerprint density at radius 2 is 2.38 bits per heavy atom. The predicted octanol–water partition coefficient (Wildman–Crippen LogP) is 0.958. The molecule has 5 heteroatoms. The van der Waals surface area contributed by atoms with Gasteiger partial charge in [0.1, 0.15) is 6.29 Å². The van der Waals surface area contributed by atoms with Crippen LogP contribution in [0.3, 0.4) is 0 Å². The van der Waals surface area contributed by atoms with Crippen LogP contribution >= 0.6 is 18.6 Å². The average molecular weight is 153 g/mol. The summed E-state index contributed by atoms with van der Waals surface area (Å²) in [4.78, 5) is 17.7. The van der Waals surface area contributed by atoms with Crippen molar-refractivity contribution in [3.63, 3.8) is 0 Å². The van der Waals surface area contributed by atoms with Gasteiger partial charge < -0.3 is 4.79 Å². The molecule has 0 saturated heterocycles. The zero-order valence-corrected chi connectivity index (χ0v) is 5.82. The summed E-state index contributed by atoms with van der Waals surface area (Å²) in [7, 11) is -2.10. The summed E-state index contributed by atoms with van der Waals surface area (Å²) in [5, 5.41) is 0. The van der Waals surface area contributed by atoms with E-state index >= 15 is 0 Å². The van der Waals surface area contributed by atoms with Crippen molar-refractivity contribution in [3.05, 3.63) is 0 Å². The van der Waals surface area contributed by atoms with Gasteiger partial charge in [0.05, 0.1) is 5.75 Å². The number of aldehydes is 1. The summed E-state index contributed by atoms with van der Waals surface area (Å²) in [6.45, 7) is 0. The number of hydrogen-bond acceptors (Lipinski definition) is 3. The summed E-state index contributed by atoms with van der Waals surface area (Å²) in [6, 6.07) is 0. The maximum absolute atomic E-state index is 9.87. The topological polar surface area (TPSA) is 54.4 Å². The van der Waals surface area contributed by atoms with E-state index in [1.807, 2.05) is 0 Å². The minimum absolute atomic E-state index is 0.353. The molecule has 0 amide bonds. The van der Waals surface area contributed by atoms with E-state index in [4.69, 9.17) is 4.89 Å². The van der Waals surface area contributed by atoms with Crippen LogP contribution in [0.4, 0.5) is 0 Å². The van der Waals surface area contributed by atoms with Crippen molar-refractivity contribution in [2.24, 2.45) is 0 Å². The van der Waals surface area contributed by atoms with Crippen LogP contribution in [0.2, 0.25) is 0 Å². The lowest BCUT2D eigenvalue weighted by atomic mass is 10.6. The van der Waals surface area contributed by atoms with Gasteiger partial charge in [-0.15, -0.1) is 0 Å². The van der Waals surface area contributed by atoms with Gasteiger partial charge >= 0.3 is 7.23 Å². The molecular weight excluding hydrogens is 147 g/mol. The van der Waals surface area contributed by atoms with Crippen molar-refractivity contribution in [1.82, 2.24) is 0 Å². The van der Waals surface area contributed by atoms with Crippen molar-refractivity contribution < 1.29 is 14.3 Å². The predicted molar refractivity (Wildman–Crippen MR) is 33.0 cm³/mol. The van der Waals surface area contributed by atoms with E-state index in [0.717, 1.165) is 17.7 Å². The van der Waals surface area contributed by atoms with Crippen LogP contribution in [0.25, 0.3) is 0 Å². The van der Waals surface area contributed by atoms with Crippen molar-refractivity contribution >= 4 is 24.9 Å². The second kappa shape index (κ2) is 5.22. The highest BCUT2D eigenvalue weighted by molar-refractivity contribution is 8.50. The lowest BCUT2D eigenvalue weighted by Gasteiger charge is -1.73. The van der Waals surface area contributed by atoms with E-state index in [-0.39, 0.29) is 0 Å². The van der Waals surface area contributed by atoms with Crippen LogP contribution in [-0.2, 0) is 9.36 Å². The van der Waals surface area contributed by atoms with Crippen LogP contribution < -0.4 is 0 Å². The third-order valence-electron chi connectivity index (χ3n) is 0.437. The Hall–Kier alpha value is 0.0800. The van der Waals surface area contributed by atoms with Gasteiger partial charge in [0.2, 0.25) is 0 Å². The molecule has 0 spiro atoms. The average Bonchev–Trinajstić information content (AvgIpc) is 1.66. The lowest BCUT2D eigenvalue weighted by molar-refractivity contribution is -0.107. The first kappa shape index (κ1) is 8.08. The van der Waals surface area contributed by atoms with E-state index in [1.54, 1.807) is 0 Å². The molecular formula is C3H6O3PS+. The molecule has 0 aromatic carbocycles. The molecule has 0 aliphatic rings. The highest BCUT2D eigenvalue weighted by atomic mass is 32.7. The van der Waals surface area contributed by atoms with E-state index in [9.17, 15) is 9.36 Å². The van der Waals surface area contributed by atoms with Gasteiger partial charge in [0.15, 0.2) is 11.4 Å². The quantitative estimate of drug-likeness (QED) is 0.371. The first-order valence-corrected chi connectivity index (χ1v) is 4.80. The van der Waals surface area contributed by atoms with Crippen LogP contribution in [0, 0.1) is 0 Å². The van der Waals surface area contributed by atoms with E-state index in [2.05, 4.69) is 0 Å². The molecule has 0 radical (unpaired) electrons. The van der Waals surface area contributed by atoms with E-state index in [0.29, 0.717) is 12.2 Å². The molecule has 3 nitrogen and oxygen atoms in total. The highest BCUT2D eigenvalue weighted by Gasteiger charge is 2.10. The molecule has 0 aromatic heterocycles. The fraction of sp³-hybridized carbons (Fsp3) is 0.667. The molecule has 1 atom stereocenters. The van der Waals surface area contributed by atoms with Crippen molar-refractivity contribution in [3.8, 4) is 0 Å². The maximum Gasteiger partial charge on any atom is 0.582 e. The van der Waals surface area contributed by atoms with Crippen molar-refractivity contribution in [2.45, 2.75) is 6.42 Å². The van der Waals surface area contributed by atoms with Crippen LogP contribution in [0.1, 0.15) is 6.42 Å². The van der Waals surface area contributed by atoms with E-state index < -0.39 is 7.23 Å². The Bertz CT molecular complexity index is 94.5. The molecule has 0 aliphatic carbocycles. The second-order valence-corrected chi connectivity index (χ2v) is 3.88. The lowest BCUT2D eigenvalue weighted by Crippen LogP contribution is -1.74. The Kier molecular flexibility index (Phi) is 5.27. The number of rotatable bonds is 4. The number of carbonyl (C=O) groups excluding carboxylic acids is 1. The maximum atomic E-state index is 9.87. The molecule has 1 unspecified atom stereocenters. The fourth-order valence-electron chi connectivity index (χ4n) is 0.179. The van der Waals surface area contributed by atoms with Crippen molar-refractivity contribution in [1.29, 1.82) is 0 Å². The third-order valence-corrected chi connectivity index (χ3v) is 2.29. The summed E-state index contributed by atoms with van der Waals surface area (Å²) >= 11 is 0.889. The van der Waals surface area contributed by atoms with Gasteiger partial charge in [-0.25, -0.2) is 0 Å². The van der Waals surface area contributed by atoms with E-state index in [1.165, 1.54) is 0 Å². The SMILES string of the molecule is O=CCCS[P+](=O)O. The number of carbonyl (C=O) groups is 1. The van der Waals surface area contributed by atoms with Gasteiger partial charge in [-0.1, -0.05) is 0 Å². The normalized spacial score (nSPS) is 10.9. The van der Waals surface area contributed by atoms with Gasteiger partial charge in [0.25, 0.3) is 0 Å². The van der Waals surface area contributed by atoms with Crippen molar-refractivity contribution in [2.75, 3.05) is 5.75 Å². The minimum atomic E-state index is -2.10. The van der Waals surface area contributed by atoms with Gasteiger partial charge in [0, 0.05) is 6.42 Å². The van der Waals surface area contributed by atoms with Crippen LogP contribution in [-0.4, -0.2) is 16.9 Å². The molecule has 0 heterocycles. The first-order chi connectivity index (χ1) is 3.77. The smallest absolute Gasteiger partial charge is 0.303 e. The Morgan fingerprint density at radius 1 is 1.75 bits per heavy atom. The van der Waals surface area contributed by atoms with Crippen LogP contribution in [0.15, 0.2) is 0 Å². The molecule has 0 bridgehead atoms. The third kappa shape index (κ3) is 6.08. The zero-order valence-electron chi connectivity index (χ0n) is 4.11. The van der Waals surface area contributed by atoms with Gasteiger partial charge in [-0.05, 0) is 4.57 Å². The zero-order chi connectivity index (χ0) is 6.41. The number of hydrogen-bond donors (Lipinski definition) is 1. The molecule has 0 aromatic rings. The molecule has 0 rings (SSSR count). The largest absolute Gasteiger partial charge is 0.582 e. The van der Waals surface area contributed by atoms with Crippen LogP contribution in [0.5, 0.6) is 0 Å². The van der Waals surface area contributed by atoms with Gasteiger partial charge in [-0.2, -0.15) is 4.89 Å². The fourth-order valence-corrected chi connectivity index (χ4v) is 1.32. The van der Waals surface area contributed by atoms with Gasteiger partial charge in [-0.3, -0.25) is 0 Å². The molecule has 1 N–H and O–H groups in total.